The molecule has 6 heteroatoms. The fourth-order valence-corrected chi connectivity index (χ4v) is 10.5. The Balaban J connectivity index is 0.000000228. The first-order valence-electron chi connectivity index (χ1n) is 22.8. The maximum atomic E-state index is 6.53. The summed E-state index contributed by atoms with van der Waals surface area (Å²) in [6.45, 7) is 20.7. The van der Waals surface area contributed by atoms with Crippen LogP contribution in [0.3, 0.4) is 0 Å². The van der Waals surface area contributed by atoms with E-state index in [-0.39, 0.29) is 25.5 Å². The van der Waals surface area contributed by atoms with Crippen LogP contribution in [-0.4, -0.2) is 22.6 Å². The van der Waals surface area contributed by atoms with Crippen LogP contribution in [-0.2, 0) is 31.9 Å². The zero-order chi connectivity index (χ0) is 45.5. The van der Waals surface area contributed by atoms with Gasteiger partial charge in [0.2, 0.25) is 0 Å². The van der Waals surface area contributed by atoms with Gasteiger partial charge in [-0.15, -0.1) is 53.6 Å². The van der Waals surface area contributed by atoms with Crippen molar-refractivity contribution in [2.75, 3.05) is 0 Å². The average molecular weight is 1060 g/mol. The summed E-state index contributed by atoms with van der Waals surface area (Å²) in [6, 6.07) is 62.1. The first kappa shape index (κ1) is 46.4. The number of nitrogens with zero attached hydrogens (tertiary/aromatic N) is 3. The molecule has 7 aromatic carbocycles. The van der Waals surface area contributed by atoms with Crippen molar-refractivity contribution in [2.24, 2.45) is 5.92 Å². The number of fused-ring (bicyclic) bond motifs is 4. The molecule has 0 bridgehead atoms. The van der Waals surface area contributed by atoms with E-state index in [9.17, 15) is 0 Å². The fourth-order valence-electron chi connectivity index (χ4n) is 8.92. The first-order valence-corrected chi connectivity index (χ1v) is 26.3. The number of imidazole rings is 1. The Morgan fingerprint density at radius 2 is 1.32 bits per heavy atom. The maximum absolute atomic E-state index is 6.53. The number of benzene rings is 7. The average Bonchev–Trinajstić information content (AvgIpc) is 3.87. The Hall–Kier alpha value is -6.17. The van der Waals surface area contributed by atoms with Crippen molar-refractivity contribution in [3.05, 3.63) is 193 Å². The summed E-state index contributed by atoms with van der Waals surface area (Å²) in [7, 11) is -1.35. The second-order valence-corrected chi connectivity index (χ2v) is 24.7. The van der Waals surface area contributed by atoms with Gasteiger partial charge in [0.05, 0.1) is 36.2 Å². The summed E-state index contributed by atoms with van der Waals surface area (Å²) in [6.07, 6.45) is 3.25. The molecule has 10 rings (SSSR count). The number of rotatable bonds is 8. The van der Waals surface area contributed by atoms with Gasteiger partial charge in [-0.3, -0.25) is 4.98 Å². The minimum Gasteiger partial charge on any atom is -0.501 e. The summed E-state index contributed by atoms with van der Waals surface area (Å²) in [5, 5.41) is 3.64. The molecule has 0 fully saturated rings. The van der Waals surface area contributed by atoms with Crippen LogP contribution in [0.15, 0.2) is 168 Å². The van der Waals surface area contributed by atoms with Gasteiger partial charge in [-0.1, -0.05) is 175 Å². The summed E-state index contributed by atoms with van der Waals surface area (Å²) in [5.41, 5.74) is 16.2. The summed E-state index contributed by atoms with van der Waals surface area (Å²) >= 11 is 0. The third kappa shape index (κ3) is 9.42. The van der Waals surface area contributed by atoms with Crippen LogP contribution in [0.1, 0.15) is 51.3 Å². The topological polar surface area (TPSA) is 43.9 Å². The van der Waals surface area contributed by atoms with Crippen molar-refractivity contribution in [2.45, 2.75) is 73.0 Å². The SMILES string of the molecule is CC(C)(C)c1cc(-c2ccccc2)c(-n2c(-c3[c-]ccc4c3oc3ccccc34)nc3ccccc32)c(-c2ccccc2)c1.Cc1cc[c-]c(-c2cc(CC(C)C)c([Si](C)(C)C)cn2)c1.[Ir]. The van der Waals surface area contributed by atoms with E-state index in [1.54, 1.807) is 0 Å². The molecule has 0 saturated heterocycles. The molecule has 0 N–H and O–H groups in total. The van der Waals surface area contributed by atoms with Gasteiger partial charge < -0.3 is 14.0 Å². The van der Waals surface area contributed by atoms with Gasteiger partial charge in [0.25, 0.3) is 0 Å². The number of pyridine rings is 1. The van der Waals surface area contributed by atoms with Crippen LogP contribution < -0.4 is 5.19 Å². The van der Waals surface area contributed by atoms with Crippen LogP contribution in [0.25, 0.3) is 83.6 Å². The normalized spacial score (nSPS) is 11.8. The monoisotopic (exact) mass is 1060 g/mol. The van der Waals surface area contributed by atoms with Gasteiger partial charge >= 0.3 is 0 Å². The van der Waals surface area contributed by atoms with E-state index >= 15 is 0 Å². The van der Waals surface area contributed by atoms with E-state index < -0.39 is 8.07 Å². The standard InChI is InChI=1S/C41H31N2O.C19H26NSi.Ir/c1-41(2,3)29-25-33(27-15-6-4-7-16-27)38(34(26-29)28-17-8-5-9-18-28)43-36-23-12-11-22-35(36)42-40(43)32-21-14-20-31-30-19-10-13-24-37(30)44-39(31)32;1-14(2)10-17-12-18(16-9-7-8-15(3)11-16)20-13-19(17)21(4,5)6;/h4-20,22-26H,1-3H3;7-8,11-14H,10H2,1-6H3;/q2*-1;. The van der Waals surface area contributed by atoms with Gasteiger partial charge in [-0.25, -0.2) is 0 Å². The van der Waals surface area contributed by atoms with E-state index in [0.717, 1.165) is 90.0 Å². The van der Waals surface area contributed by atoms with Gasteiger partial charge in [0.15, 0.2) is 0 Å². The van der Waals surface area contributed by atoms with Crippen molar-refractivity contribution in [3.8, 4) is 50.6 Å². The molecule has 0 saturated carbocycles. The van der Waals surface area contributed by atoms with Crippen molar-refractivity contribution < 1.29 is 24.5 Å². The van der Waals surface area contributed by atoms with Crippen LogP contribution >= 0.6 is 0 Å². The zero-order valence-corrected chi connectivity index (χ0v) is 42.9. The van der Waals surface area contributed by atoms with Crippen LogP contribution in [0, 0.1) is 25.0 Å². The molecule has 3 aromatic heterocycles. The molecule has 0 aliphatic rings. The number of para-hydroxylation sites is 3. The van der Waals surface area contributed by atoms with Gasteiger partial charge in [0, 0.05) is 42.8 Å². The second kappa shape index (κ2) is 19.0. The zero-order valence-electron chi connectivity index (χ0n) is 39.5. The quantitative estimate of drug-likeness (QED) is 0.113. The van der Waals surface area contributed by atoms with Crippen molar-refractivity contribution in [1.82, 2.24) is 14.5 Å². The Morgan fingerprint density at radius 1 is 0.697 bits per heavy atom. The molecule has 0 aliphatic carbocycles. The Bertz CT molecular complexity index is 3240. The van der Waals surface area contributed by atoms with Crippen molar-refractivity contribution in [1.29, 1.82) is 0 Å². The first-order chi connectivity index (χ1) is 31.2. The minimum atomic E-state index is -1.35. The number of aryl methyl sites for hydroxylation is 1. The number of furan rings is 1. The van der Waals surface area contributed by atoms with Crippen molar-refractivity contribution >= 4 is 46.2 Å². The van der Waals surface area contributed by atoms with E-state index in [4.69, 9.17) is 14.4 Å². The van der Waals surface area contributed by atoms with E-state index in [0.29, 0.717) is 5.92 Å². The Morgan fingerprint density at radius 3 is 1.95 bits per heavy atom. The molecule has 0 spiro atoms. The molecule has 10 aromatic rings. The molecule has 1 radical (unpaired) electrons. The summed E-state index contributed by atoms with van der Waals surface area (Å²) in [4.78, 5) is 10.0. The van der Waals surface area contributed by atoms with Gasteiger partial charge in [-0.2, -0.15) is 0 Å². The van der Waals surface area contributed by atoms with Gasteiger partial charge in [-0.05, 0) is 75.7 Å². The van der Waals surface area contributed by atoms with Crippen LogP contribution in [0.5, 0.6) is 0 Å². The molecular weight excluding hydrogens is 999 g/mol. The fraction of sp³-hybridized carbons (Fsp3) is 0.200. The predicted octanol–water partition coefficient (Wildman–Crippen LogP) is 15.6. The maximum Gasteiger partial charge on any atom is 0.120 e. The molecule has 0 unspecified atom stereocenters. The molecule has 0 amide bonds. The molecular formula is C60H57IrN3OSi-2. The molecule has 4 nitrogen and oxygen atoms in total. The molecule has 0 aliphatic heterocycles. The summed E-state index contributed by atoms with van der Waals surface area (Å²) in [5.74, 6) is 1.46. The predicted molar refractivity (Wildman–Crippen MR) is 277 cm³/mol. The number of hydrogen-bond acceptors (Lipinski definition) is 3. The molecule has 66 heavy (non-hydrogen) atoms. The Kier molecular flexibility index (Phi) is 13.3. The number of aromatic nitrogens is 3. The van der Waals surface area contributed by atoms with Crippen molar-refractivity contribution in [3.63, 3.8) is 0 Å². The molecule has 0 atom stereocenters. The van der Waals surface area contributed by atoms with Gasteiger partial charge in [0.1, 0.15) is 5.58 Å². The van der Waals surface area contributed by atoms with E-state index in [1.165, 1.54) is 21.9 Å². The largest absolute Gasteiger partial charge is 0.501 e. The number of hydrogen-bond donors (Lipinski definition) is 0. The third-order valence-electron chi connectivity index (χ3n) is 12.2. The smallest absolute Gasteiger partial charge is 0.120 e. The second-order valence-electron chi connectivity index (χ2n) is 19.7. The molecule has 3 heterocycles. The minimum absolute atomic E-state index is 0. The van der Waals surface area contributed by atoms with Crippen LogP contribution in [0.2, 0.25) is 19.6 Å². The Labute approximate surface area is 405 Å². The van der Waals surface area contributed by atoms with E-state index in [2.05, 4.69) is 211 Å². The summed E-state index contributed by atoms with van der Waals surface area (Å²) < 4.78 is 8.86. The van der Waals surface area contributed by atoms with E-state index in [1.807, 2.05) is 30.3 Å². The third-order valence-corrected chi connectivity index (χ3v) is 14.2. The molecule has 333 valence electrons. The van der Waals surface area contributed by atoms with Crippen LogP contribution in [0.4, 0.5) is 0 Å².